The highest BCUT2D eigenvalue weighted by Crippen LogP contribution is 2.39. The molecule has 1 amide bonds. The van der Waals surface area contributed by atoms with Crippen LogP contribution in [0.15, 0.2) is 65.0 Å². The molecular formula is C27H30F2N4O4S. The molecule has 0 radical (unpaired) electrons. The molecule has 0 unspecified atom stereocenters. The van der Waals surface area contributed by atoms with E-state index < -0.39 is 23.1 Å². The van der Waals surface area contributed by atoms with Gasteiger partial charge in [0.05, 0.1) is 29.9 Å². The van der Waals surface area contributed by atoms with Crippen molar-refractivity contribution in [2.75, 3.05) is 11.9 Å². The Morgan fingerprint density at radius 3 is 2.53 bits per heavy atom. The van der Waals surface area contributed by atoms with E-state index in [4.69, 9.17) is 20.7 Å². The molecule has 1 aromatic carbocycles. The summed E-state index contributed by atoms with van der Waals surface area (Å²) in [6.45, 7) is 9.39. The maximum atomic E-state index is 14.8. The Kier molecular flexibility index (Phi) is 9.21. The zero-order valence-electron chi connectivity index (χ0n) is 21.3. The van der Waals surface area contributed by atoms with Gasteiger partial charge in [-0.2, -0.15) is 0 Å². The zero-order valence-corrected chi connectivity index (χ0v) is 22.1. The van der Waals surface area contributed by atoms with Gasteiger partial charge in [-0.3, -0.25) is 4.79 Å². The van der Waals surface area contributed by atoms with Crippen molar-refractivity contribution < 1.29 is 27.9 Å². The summed E-state index contributed by atoms with van der Waals surface area (Å²) < 4.78 is 40.2. The second kappa shape index (κ2) is 12.2. The molecule has 8 nitrogen and oxygen atoms in total. The minimum absolute atomic E-state index is 0.0274. The van der Waals surface area contributed by atoms with Crippen molar-refractivity contribution in [2.24, 2.45) is 11.5 Å². The summed E-state index contributed by atoms with van der Waals surface area (Å²) in [5, 5.41) is 17.0. The highest BCUT2D eigenvalue weighted by molar-refractivity contribution is 7.19. The summed E-state index contributed by atoms with van der Waals surface area (Å²) in [4.78, 5) is 12.1. The molecule has 2 heterocycles. The number of amides is 1. The SMILES string of the molecule is C=C(/C=C\C=C(/N)Nc1sc(-c2c(F)cc(C(C)(C)O)cc2F)cc1C(N)=O)CCOCc1cc(C)on1. The summed E-state index contributed by atoms with van der Waals surface area (Å²) in [6.07, 6.45) is 5.55. The molecule has 11 heteroatoms. The third-order valence-electron chi connectivity index (χ3n) is 5.35. The average molecular weight is 545 g/mol. The van der Waals surface area contributed by atoms with Gasteiger partial charge in [0.25, 0.3) is 5.91 Å². The fraction of sp³-hybridized carbons (Fsp3) is 0.259. The van der Waals surface area contributed by atoms with E-state index in [2.05, 4.69) is 17.1 Å². The van der Waals surface area contributed by atoms with Gasteiger partial charge < -0.3 is 31.2 Å². The van der Waals surface area contributed by atoms with Gasteiger partial charge in [-0.1, -0.05) is 29.5 Å². The van der Waals surface area contributed by atoms with Crippen LogP contribution in [0, 0.1) is 18.6 Å². The Balaban J connectivity index is 1.66. The lowest BCUT2D eigenvalue weighted by atomic mass is 9.96. The van der Waals surface area contributed by atoms with Gasteiger partial charge in [0.2, 0.25) is 0 Å². The van der Waals surface area contributed by atoms with Crippen molar-refractivity contribution in [1.82, 2.24) is 5.16 Å². The largest absolute Gasteiger partial charge is 0.386 e. The first-order valence-corrected chi connectivity index (χ1v) is 12.4. The number of thiophene rings is 1. The number of hydrogen-bond acceptors (Lipinski definition) is 8. The van der Waals surface area contributed by atoms with Crippen molar-refractivity contribution in [3.05, 3.63) is 94.7 Å². The number of primary amides is 1. The third-order valence-corrected chi connectivity index (χ3v) is 6.42. The average Bonchev–Trinajstić information content (AvgIpc) is 3.41. The normalized spacial score (nSPS) is 12.3. The molecule has 0 saturated carbocycles. The van der Waals surface area contributed by atoms with Gasteiger partial charge in [0.15, 0.2) is 0 Å². The Hall–Kier alpha value is -3.80. The van der Waals surface area contributed by atoms with Gasteiger partial charge in [-0.05, 0) is 57.0 Å². The van der Waals surface area contributed by atoms with Crippen molar-refractivity contribution in [1.29, 1.82) is 0 Å². The monoisotopic (exact) mass is 544 g/mol. The second-order valence-corrected chi connectivity index (χ2v) is 10.1. The van der Waals surface area contributed by atoms with Gasteiger partial charge >= 0.3 is 0 Å². The van der Waals surface area contributed by atoms with Crippen LogP contribution in [-0.4, -0.2) is 22.8 Å². The summed E-state index contributed by atoms with van der Waals surface area (Å²) >= 11 is 0.919. The lowest BCUT2D eigenvalue weighted by molar-refractivity contribution is 0.0778. The van der Waals surface area contributed by atoms with Crippen LogP contribution in [0.2, 0.25) is 0 Å². The zero-order chi connectivity index (χ0) is 28.0. The van der Waals surface area contributed by atoms with Gasteiger partial charge in [-0.25, -0.2) is 8.78 Å². The fourth-order valence-electron chi connectivity index (χ4n) is 3.36. The van der Waals surface area contributed by atoms with Crippen LogP contribution in [0.5, 0.6) is 0 Å². The topological polar surface area (TPSA) is 137 Å². The Morgan fingerprint density at radius 1 is 1.26 bits per heavy atom. The number of nitrogens with one attached hydrogen (secondary N) is 1. The van der Waals surface area contributed by atoms with Crippen LogP contribution in [0.1, 0.15) is 47.6 Å². The summed E-state index contributed by atoms with van der Waals surface area (Å²) in [7, 11) is 0. The summed E-state index contributed by atoms with van der Waals surface area (Å²) in [6, 6.07) is 5.21. The maximum Gasteiger partial charge on any atom is 0.251 e. The number of benzene rings is 1. The molecule has 2 aromatic heterocycles. The molecule has 0 fully saturated rings. The molecule has 0 spiro atoms. The van der Waals surface area contributed by atoms with E-state index in [9.17, 15) is 18.7 Å². The van der Waals surface area contributed by atoms with Crippen LogP contribution in [0.25, 0.3) is 10.4 Å². The first-order valence-electron chi connectivity index (χ1n) is 11.6. The molecule has 202 valence electrons. The number of carbonyl (C=O) groups excluding carboxylic acids is 1. The van der Waals surface area contributed by atoms with Gasteiger partial charge in [0.1, 0.15) is 33.9 Å². The van der Waals surface area contributed by atoms with Crippen LogP contribution < -0.4 is 16.8 Å². The van der Waals surface area contributed by atoms with E-state index in [0.717, 1.165) is 34.8 Å². The maximum absolute atomic E-state index is 14.8. The Labute approximate surface area is 223 Å². The van der Waals surface area contributed by atoms with E-state index in [1.165, 1.54) is 19.9 Å². The molecule has 0 saturated heterocycles. The van der Waals surface area contributed by atoms with Crippen molar-refractivity contribution in [3.63, 3.8) is 0 Å². The number of aliphatic hydroxyl groups is 1. The Morgan fingerprint density at radius 2 is 1.95 bits per heavy atom. The van der Waals surface area contributed by atoms with Crippen molar-refractivity contribution >= 4 is 22.2 Å². The highest BCUT2D eigenvalue weighted by atomic mass is 32.1. The van der Waals surface area contributed by atoms with E-state index >= 15 is 0 Å². The molecule has 0 aliphatic rings. The number of carbonyl (C=O) groups is 1. The lowest BCUT2D eigenvalue weighted by Gasteiger charge is -2.18. The van der Waals surface area contributed by atoms with E-state index in [1.807, 2.05) is 0 Å². The predicted octanol–water partition coefficient (Wildman–Crippen LogP) is 5.25. The van der Waals surface area contributed by atoms with Crippen LogP contribution in [0.4, 0.5) is 13.8 Å². The van der Waals surface area contributed by atoms with Gasteiger partial charge in [-0.15, -0.1) is 11.3 Å². The molecule has 0 atom stereocenters. The van der Waals surface area contributed by atoms with Gasteiger partial charge in [0, 0.05) is 10.9 Å². The Bertz CT molecular complexity index is 1360. The number of nitrogens with zero attached hydrogens (tertiary/aromatic N) is 1. The lowest BCUT2D eigenvalue weighted by Crippen LogP contribution is -2.16. The minimum Gasteiger partial charge on any atom is -0.386 e. The molecule has 3 rings (SSSR count). The molecule has 0 aliphatic carbocycles. The number of hydrogen-bond donors (Lipinski definition) is 4. The third kappa shape index (κ3) is 7.60. The number of anilines is 1. The first kappa shape index (κ1) is 28.8. The number of ether oxygens (including phenoxy) is 1. The second-order valence-electron chi connectivity index (χ2n) is 9.09. The van der Waals surface area contributed by atoms with Crippen LogP contribution >= 0.6 is 11.3 Å². The standard InChI is InChI=1S/C27H30F2N4O4S/c1-15(8-9-36-14-18-10-16(2)37-33-18)6-5-7-23(30)32-26-19(25(31)34)13-22(38-26)24-20(28)11-17(12-21(24)29)27(3,4)35/h5-7,10-13,32,35H,1,8-9,14,30H2,2-4H3,(H2,31,34)/b6-5-,23-7+. The number of halogens is 2. The first-order chi connectivity index (χ1) is 17.8. The smallest absolute Gasteiger partial charge is 0.251 e. The molecular weight excluding hydrogens is 514 g/mol. The highest BCUT2D eigenvalue weighted by Gasteiger charge is 2.24. The molecule has 0 aliphatic heterocycles. The molecule has 3 aromatic rings. The molecule has 38 heavy (non-hydrogen) atoms. The summed E-state index contributed by atoms with van der Waals surface area (Å²) in [5.74, 6) is -1.66. The number of aromatic nitrogens is 1. The number of rotatable bonds is 12. The van der Waals surface area contributed by atoms with Crippen molar-refractivity contribution in [2.45, 2.75) is 39.4 Å². The fourth-order valence-corrected chi connectivity index (χ4v) is 4.49. The van der Waals surface area contributed by atoms with Crippen LogP contribution in [0.3, 0.4) is 0 Å². The number of aryl methyl sites for hydroxylation is 1. The van der Waals surface area contributed by atoms with Crippen LogP contribution in [-0.2, 0) is 16.9 Å². The number of nitrogens with two attached hydrogens (primary N) is 2. The predicted molar refractivity (Wildman–Crippen MR) is 143 cm³/mol. The van der Waals surface area contributed by atoms with E-state index in [1.54, 1.807) is 31.2 Å². The van der Waals surface area contributed by atoms with E-state index in [-0.39, 0.29) is 32.4 Å². The molecule has 6 N–H and O–H groups in total. The quantitative estimate of drug-likeness (QED) is 0.181. The van der Waals surface area contributed by atoms with Crippen molar-refractivity contribution in [3.8, 4) is 10.4 Å². The molecule has 0 bridgehead atoms. The summed E-state index contributed by atoms with van der Waals surface area (Å²) in [5.41, 5.74) is 11.4. The minimum atomic E-state index is -1.43. The number of allylic oxidation sites excluding steroid dienone is 3. The van der Waals surface area contributed by atoms with E-state index in [0.29, 0.717) is 25.3 Å².